The summed E-state index contributed by atoms with van der Waals surface area (Å²) in [6.45, 7) is 7.23. The lowest BCUT2D eigenvalue weighted by Crippen LogP contribution is -2.22. The summed E-state index contributed by atoms with van der Waals surface area (Å²) < 4.78 is 1.95. The van der Waals surface area contributed by atoms with Crippen molar-refractivity contribution in [1.29, 1.82) is 0 Å². The maximum absolute atomic E-state index is 4.46. The molecule has 1 N–H and O–H groups in total. The van der Waals surface area contributed by atoms with Crippen LogP contribution in [0.25, 0.3) is 0 Å². The lowest BCUT2D eigenvalue weighted by Gasteiger charge is -2.19. The molecular weight excluding hydrogens is 248 g/mol. The van der Waals surface area contributed by atoms with E-state index in [1.165, 1.54) is 11.3 Å². The Labute approximate surface area is 121 Å². The van der Waals surface area contributed by atoms with Gasteiger partial charge in [0.05, 0.1) is 0 Å². The zero-order chi connectivity index (χ0) is 14.5. The molecule has 2 rings (SSSR count). The highest BCUT2D eigenvalue weighted by atomic mass is 15.2. The molecule has 1 atom stereocenters. The fourth-order valence-electron chi connectivity index (χ4n) is 2.64. The van der Waals surface area contributed by atoms with Gasteiger partial charge in [0.15, 0.2) is 0 Å². The molecule has 2 aromatic rings. The Kier molecular flexibility index (Phi) is 4.90. The van der Waals surface area contributed by atoms with E-state index < -0.39 is 0 Å². The minimum Gasteiger partial charge on any atom is -0.310 e. The average Bonchev–Trinajstić information content (AvgIpc) is 2.79. The lowest BCUT2D eigenvalue weighted by atomic mass is 10.00. The molecule has 0 spiro atoms. The molecule has 0 aliphatic carbocycles. The van der Waals surface area contributed by atoms with E-state index >= 15 is 0 Å². The maximum Gasteiger partial charge on any atom is 0.0492 e. The summed E-state index contributed by atoms with van der Waals surface area (Å²) in [4.78, 5) is 4.46. The summed E-state index contributed by atoms with van der Waals surface area (Å²) in [5, 5.41) is 7.81. The number of hydrogen-bond acceptors (Lipinski definition) is 3. The third-order valence-electron chi connectivity index (χ3n) is 3.57. The number of hydrogen-bond donors (Lipinski definition) is 1. The molecule has 0 saturated carbocycles. The van der Waals surface area contributed by atoms with E-state index in [1.54, 1.807) is 0 Å². The zero-order valence-electron chi connectivity index (χ0n) is 12.8. The Balaban J connectivity index is 2.12. The molecule has 0 bridgehead atoms. The van der Waals surface area contributed by atoms with E-state index in [2.05, 4.69) is 54.4 Å². The first-order chi connectivity index (χ1) is 9.60. The van der Waals surface area contributed by atoms with Crippen molar-refractivity contribution < 1.29 is 0 Å². The van der Waals surface area contributed by atoms with Crippen LogP contribution in [0.3, 0.4) is 0 Å². The lowest BCUT2D eigenvalue weighted by molar-refractivity contribution is 0.505. The molecule has 0 aromatic carbocycles. The van der Waals surface area contributed by atoms with Gasteiger partial charge in [-0.05, 0) is 57.0 Å². The smallest absolute Gasteiger partial charge is 0.0492 e. The van der Waals surface area contributed by atoms with E-state index in [0.29, 0.717) is 6.04 Å². The number of rotatable bonds is 6. The van der Waals surface area contributed by atoms with Gasteiger partial charge in [-0.1, -0.05) is 6.92 Å². The molecule has 0 saturated heterocycles. The second-order valence-electron chi connectivity index (χ2n) is 5.28. The van der Waals surface area contributed by atoms with Crippen molar-refractivity contribution in [3.63, 3.8) is 0 Å². The largest absolute Gasteiger partial charge is 0.310 e. The molecule has 1 unspecified atom stereocenters. The van der Waals surface area contributed by atoms with Crippen LogP contribution in [0.1, 0.15) is 42.0 Å². The molecule has 0 aliphatic rings. The maximum atomic E-state index is 4.46. The molecule has 0 radical (unpaired) electrons. The van der Waals surface area contributed by atoms with Crippen molar-refractivity contribution in [1.82, 2.24) is 20.1 Å². The molecule has 0 fully saturated rings. The summed E-state index contributed by atoms with van der Waals surface area (Å²) in [6.07, 6.45) is 3.95. The highest BCUT2D eigenvalue weighted by molar-refractivity contribution is 5.24. The quantitative estimate of drug-likeness (QED) is 0.879. The Bertz CT molecular complexity index is 539. The third kappa shape index (κ3) is 3.67. The van der Waals surface area contributed by atoms with Crippen LogP contribution in [0.15, 0.2) is 24.4 Å². The number of aromatic nitrogens is 3. The fourth-order valence-corrected chi connectivity index (χ4v) is 2.64. The van der Waals surface area contributed by atoms with Gasteiger partial charge in [0, 0.05) is 36.4 Å². The SMILES string of the molecule is CCNC(CCc1ccnn1C)c1cc(C)nc(C)c1. The van der Waals surface area contributed by atoms with Gasteiger partial charge in [-0.3, -0.25) is 9.67 Å². The van der Waals surface area contributed by atoms with Crippen LogP contribution in [-0.4, -0.2) is 21.3 Å². The average molecular weight is 272 g/mol. The summed E-state index contributed by atoms with van der Waals surface area (Å²) in [5.41, 5.74) is 4.78. The van der Waals surface area contributed by atoms with Crippen molar-refractivity contribution >= 4 is 0 Å². The van der Waals surface area contributed by atoms with Gasteiger partial charge in [-0.15, -0.1) is 0 Å². The van der Waals surface area contributed by atoms with Crippen LogP contribution in [0.4, 0.5) is 0 Å². The predicted octanol–water partition coefficient (Wildman–Crippen LogP) is 2.72. The second-order valence-corrected chi connectivity index (χ2v) is 5.28. The summed E-state index contributed by atoms with van der Waals surface area (Å²) in [5.74, 6) is 0. The van der Waals surface area contributed by atoms with Crippen molar-refractivity contribution in [3.05, 3.63) is 47.0 Å². The van der Waals surface area contributed by atoms with E-state index in [1.807, 2.05) is 17.9 Å². The van der Waals surface area contributed by atoms with Gasteiger partial charge >= 0.3 is 0 Å². The minimum absolute atomic E-state index is 0.371. The Hall–Kier alpha value is -1.68. The van der Waals surface area contributed by atoms with E-state index in [-0.39, 0.29) is 0 Å². The number of aryl methyl sites for hydroxylation is 4. The van der Waals surface area contributed by atoms with E-state index in [0.717, 1.165) is 30.8 Å². The van der Waals surface area contributed by atoms with Crippen LogP contribution in [0.2, 0.25) is 0 Å². The molecule has 0 amide bonds. The van der Waals surface area contributed by atoms with Crippen molar-refractivity contribution in [2.45, 2.75) is 39.7 Å². The Morgan fingerprint density at radius 1 is 1.25 bits per heavy atom. The van der Waals surface area contributed by atoms with Gasteiger partial charge in [0.1, 0.15) is 0 Å². The van der Waals surface area contributed by atoms with Gasteiger partial charge < -0.3 is 5.32 Å². The summed E-state index contributed by atoms with van der Waals surface area (Å²) in [6, 6.07) is 6.83. The zero-order valence-corrected chi connectivity index (χ0v) is 12.8. The summed E-state index contributed by atoms with van der Waals surface area (Å²) in [7, 11) is 2.00. The predicted molar refractivity (Wildman–Crippen MR) is 81.7 cm³/mol. The Morgan fingerprint density at radius 3 is 2.50 bits per heavy atom. The molecule has 4 nitrogen and oxygen atoms in total. The highest BCUT2D eigenvalue weighted by Crippen LogP contribution is 2.20. The van der Waals surface area contributed by atoms with E-state index in [9.17, 15) is 0 Å². The number of nitrogens with zero attached hydrogens (tertiary/aromatic N) is 3. The number of pyridine rings is 1. The van der Waals surface area contributed by atoms with Crippen LogP contribution in [0, 0.1) is 13.8 Å². The van der Waals surface area contributed by atoms with Crippen molar-refractivity contribution in [2.24, 2.45) is 7.05 Å². The van der Waals surface area contributed by atoms with Gasteiger partial charge in [0.2, 0.25) is 0 Å². The van der Waals surface area contributed by atoms with Gasteiger partial charge in [-0.2, -0.15) is 5.10 Å². The fraction of sp³-hybridized carbons (Fsp3) is 0.500. The van der Waals surface area contributed by atoms with Crippen molar-refractivity contribution in [3.8, 4) is 0 Å². The topological polar surface area (TPSA) is 42.7 Å². The first-order valence-electron chi connectivity index (χ1n) is 7.25. The molecule has 2 aromatic heterocycles. The monoisotopic (exact) mass is 272 g/mol. The molecular formula is C16H24N4. The first-order valence-corrected chi connectivity index (χ1v) is 7.25. The van der Waals surface area contributed by atoms with E-state index in [4.69, 9.17) is 0 Å². The minimum atomic E-state index is 0.371. The van der Waals surface area contributed by atoms with Crippen LogP contribution in [-0.2, 0) is 13.5 Å². The first kappa shape index (κ1) is 14.7. The molecule has 0 aliphatic heterocycles. The highest BCUT2D eigenvalue weighted by Gasteiger charge is 2.12. The van der Waals surface area contributed by atoms with Gasteiger partial charge in [-0.25, -0.2) is 0 Å². The van der Waals surface area contributed by atoms with Crippen LogP contribution < -0.4 is 5.32 Å². The van der Waals surface area contributed by atoms with Crippen molar-refractivity contribution in [2.75, 3.05) is 6.54 Å². The molecule has 2 heterocycles. The number of nitrogens with one attached hydrogen (secondary N) is 1. The third-order valence-corrected chi connectivity index (χ3v) is 3.57. The molecule has 4 heteroatoms. The van der Waals surface area contributed by atoms with Crippen LogP contribution in [0.5, 0.6) is 0 Å². The Morgan fingerprint density at radius 2 is 1.95 bits per heavy atom. The normalized spacial score (nSPS) is 12.6. The summed E-state index contributed by atoms with van der Waals surface area (Å²) >= 11 is 0. The van der Waals surface area contributed by atoms with Crippen LogP contribution >= 0.6 is 0 Å². The molecule has 20 heavy (non-hydrogen) atoms. The standard InChI is InChI=1S/C16H24N4/c1-5-17-16(7-6-15-8-9-18-20(15)4)14-10-12(2)19-13(3)11-14/h8-11,16-17H,5-7H2,1-4H3. The van der Waals surface area contributed by atoms with Gasteiger partial charge in [0.25, 0.3) is 0 Å². The molecule has 108 valence electrons. The second kappa shape index (κ2) is 6.66.